The Morgan fingerprint density at radius 3 is 2.95 bits per heavy atom. The predicted octanol–water partition coefficient (Wildman–Crippen LogP) is 2.94. The van der Waals surface area contributed by atoms with Crippen molar-refractivity contribution >= 4 is 5.69 Å². The van der Waals surface area contributed by atoms with Crippen LogP contribution in [0.2, 0.25) is 0 Å². The third-order valence-electron chi connectivity index (χ3n) is 4.49. The Hall–Kier alpha value is -1.26. The van der Waals surface area contributed by atoms with E-state index in [2.05, 4.69) is 35.3 Å². The minimum absolute atomic E-state index is 0.239. The van der Waals surface area contributed by atoms with Gasteiger partial charge in [-0.3, -0.25) is 0 Å². The van der Waals surface area contributed by atoms with E-state index in [1.165, 1.54) is 36.9 Å². The predicted molar refractivity (Wildman–Crippen MR) is 91.7 cm³/mol. The molecule has 2 rings (SSSR count). The van der Waals surface area contributed by atoms with E-state index in [1.54, 1.807) is 7.11 Å². The fraction of sp³-hybridized carbons (Fsp3) is 0.667. The van der Waals surface area contributed by atoms with E-state index in [0.29, 0.717) is 6.04 Å². The summed E-state index contributed by atoms with van der Waals surface area (Å²) in [4.78, 5) is 2.52. The zero-order valence-corrected chi connectivity index (χ0v) is 14.0. The molecule has 4 nitrogen and oxygen atoms in total. The van der Waals surface area contributed by atoms with Gasteiger partial charge in [0.05, 0.1) is 12.8 Å². The van der Waals surface area contributed by atoms with Crippen LogP contribution in [0, 0.1) is 0 Å². The number of nitrogens with zero attached hydrogens (tertiary/aromatic N) is 1. The summed E-state index contributed by atoms with van der Waals surface area (Å²) in [5, 5.41) is 12.2. The largest absolute Gasteiger partial charge is 0.495 e. The summed E-state index contributed by atoms with van der Waals surface area (Å²) >= 11 is 0. The second-order valence-electron chi connectivity index (χ2n) is 6.01. The first-order valence-electron chi connectivity index (χ1n) is 8.55. The van der Waals surface area contributed by atoms with E-state index in [-0.39, 0.29) is 6.61 Å². The van der Waals surface area contributed by atoms with E-state index in [9.17, 15) is 0 Å². The van der Waals surface area contributed by atoms with Crippen LogP contribution < -0.4 is 15.0 Å². The fourth-order valence-corrected chi connectivity index (χ4v) is 3.25. The van der Waals surface area contributed by atoms with Crippen molar-refractivity contribution in [2.75, 3.05) is 31.7 Å². The van der Waals surface area contributed by atoms with Gasteiger partial charge >= 0.3 is 0 Å². The molecule has 1 aliphatic heterocycles. The molecular formula is C18H30N2O2. The fourth-order valence-electron chi connectivity index (χ4n) is 3.25. The number of rotatable bonds is 8. The first-order chi connectivity index (χ1) is 10.8. The molecule has 1 atom stereocenters. The quantitative estimate of drug-likeness (QED) is 0.725. The van der Waals surface area contributed by atoms with Gasteiger partial charge in [0.2, 0.25) is 0 Å². The van der Waals surface area contributed by atoms with Crippen LogP contribution in [-0.4, -0.2) is 38.0 Å². The lowest BCUT2D eigenvalue weighted by molar-refractivity contribution is 0.286. The molecule has 1 aromatic carbocycles. The number of ether oxygens (including phenoxy) is 1. The highest BCUT2D eigenvalue weighted by Crippen LogP contribution is 2.34. The second-order valence-corrected chi connectivity index (χ2v) is 6.01. The molecule has 2 N–H and O–H groups in total. The molecule has 1 fully saturated rings. The molecule has 0 aliphatic carbocycles. The SMILES string of the molecule is CCC1CCCCN1c1ccc(CNCCCO)cc1OC. The highest BCUT2D eigenvalue weighted by molar-refractivity contribution is 5.60. The third-order valence-corrected chi connectivity index (χ3v) is 4.49. The summed E-state index contributed by atoms with van der Waals surface area (Å²) in [5.41, 5.74) is 2.46. The van der Waals surface area contributed by atoms with E-state index in [0.717, 1.165) is 31.8 Å². The molecule has 1 aliphatic rings. The summed E-state index contributed by atoms with van der Waals surface area (Å²) in [6.45, 7) is 5.29. The Morgan fingerprint density at radius 1 is 1.36 bits per heavy atom. The Balaban J connectivity index is 2.08. The Kier molecular flexibility index (Phi) is 7.00. The van der Waals surface area contributed by atoms with Crippen LogP contribution in [0.3, 0.4) is 0 Å². The topological polar surface area (TPSA) is 44.7 Å². The van der Waals surface area contributed by atoms with Crippen LogP contribution in [-0.2, 0) is 6.54 Å². The molecule has 124 valence electrons. The van der Waals surface area contributed by atoms with Gasteiger partial charge in [0.15, 0.2) is 0 Å². The monoisotopic (exact) mass is 306 g/mol. The average molecular weight is 306 g/mol. The number of nitrogens with one attached hydrogen (secondary N) is 1. The molecule has 4 heteroatoms. The van der Waals surface area contributed by atoms with Gasteiger partial charge in [-0.1, -0.05) is 13.0 Å². The first kappa shape index (κ1) is 17.1. The smallest absolute Gasteiger partial charge is 0.142 e. The lowest BCUT2D eigenvalue weighted by Gasteiger charge is -2.38. The van der Waals surface area contributed by atoms with Gasteiger partial charge in [0, 0.05) is 25.7 Å². The molecule has 1 saturated heterocycles. The Bertz CT molecular complexity index is 451. The normalized spacial score (nSPS) is 18.5. The van der Waals surface area contributed by atoms with Crippen molar-refractivity contribution in [1.29, 1.82) is 0 Å². The zero-order chi connectivity index (χ0) is 15.8. The molecule has 0 bridgehead atoms. The molecule has 0 spiro atoms. The molecule has 22 heavy (non-hydrogen) atoms. The van der Waals surface area contributed by atoms with Crippen molar-refractivity contribution in [3.63, 3.8) is 0 Å². The van der Waals surface area contributed by atoms with Crippen LogP contribution in [0.1, 0.15) is 44.6 Å². The number of piperidine rings is 1. The van der Waals surface area contributed by atoms with Crippen molar-refractivity contribution in [2.24, 2.45) is 0 Å². The van der Waals surface area contributed by atoms with E-state index in [1.807, 2.05) is 0 Å². The molecular weight excluding hydrogens is 276 g/mol. The van der Waals surface area contributed by atoms with Gasteiger partial charge in [0.1, 0.15) is 5.75 Å². The maximum absolute atomic E-state index is 8.81. The van der Waals surface area contributed by atoms with Crippen LogP contribution >= 0.6 is 0 Å². The minimum Gasteiger partial charge on any atom is -0.495 e. The maximum Gasteiger partial charge on any atom is 0.142 e. The molecule has 1 unspecified atom stereocenters. The first-order valence-corrected chi connectivity index (χ1v) is 8.55. The Morgan fingerprint density at radius 2 is 2.23 bits per heavy atom. The van der Waals surface area contributed by atoms with Crippen molar-refractivity contribution in [3.8, 4) is 5.75 Å². The molecule has 0 amide bonds. The zero-order valence-electron chi connectivity index (χ0n) is 14.0. The number of aliphatic hydroxyl groups is 1. The van der Waals surface area contributed by atoms with Gasteiger partial charge in [-0.15, -0.1) is 0 Å². The highest BCUT2D eigenvalue weighted by atomic mass is 16.5. The molecule has 0 radical (unpaired) electrons. The summed E-state index contributed by atoms with van der Waals surface area (Å²) < 4.78 is 5.65. The van der Waals surface area contributed by atoms with E-state index in [4.69, 9.17) is 9.84 Å². The van der Waals surface area contributed by atoms with Crippen LogP contribution in [0.5, 0.6) is 5.75 Å². The van der Waals surface area contributed by atoms with Gasteiger partial charge in [-0.25, -0.2) is 0 Å². The summed E-state index contributed by atoms with van der Waals surface area (Å²) in [6.07, 6.45) is 5.87. The van der Waals surface area contributed by atoms with Gasteiger partial charge in [0.25, 0.3) is 0 Å². The number of hydrogen-bond donors (Lipinski definition) is 2. The van der Waals surface area contributed by atoms with Crippen molar-refractivity contribution < 1.29 is 9.84 Å². The summed E-state index contributed by atoms with van der Waals surface area (Å²) in [7, 11) is 1.76. The molecule has 1 heterocycles. The standard InChI is InChI=1S/C18H30N2O2/c1-3-16-7-4-5-11-20(16)17-9-8-15(13-18(17)22-2)14-19-10-6-12-21/h8-9,13,16,19,21H,3-7,10-12,14H2,1-2H3. The van der Waals surface area contributed by atoms with E-state index < -0.39 is 0 Å². The van der Waals surface area contributed by atoms with E-state index >= 15 is 0 Å². The third kappa shape index (κ3) is 4.37. The van der Waals surface area contributed by atoms with Crippen molar-refractivity contribution in [1.82, 2.24) is 5.32 Å². The lowest BCUT2D eigenvalue weighted by Crippen LogP contribution is -2.39. The number of benzene rings is 1. The molecule has 0 saturated carbocycles. The van der Waals surface area contributed by atoms with Crippen molar-refractivity contribution in [3.05, 3.63) is 23.8 Å². The molecule has 1 aromatic rings. The van der Waals surface area contributed by atoms with Gasteiger partial charge < -0.3 is 20.1 Å². The van der Waals surface area contributed by atoms with Gasteiger partial charge in [-0.2, -0.15) is 0 Å². The van der Waals surface area contributed by atoms with Gasteiger partial charge in [-0.05, 0) is 56.3 Å². The summed E-state index contributed by atoms with van der Waals surface area (Å²) in [5.74, 6) is 0.974. The number of anilines is 1. The maximum atomic E-state index is 8.81. The second kappa shape index (κ2) is 9.01. The number of aliphatic hydroxyl groups excluding tert-OH is 1. The number of hydrogen-bond acceptors (Lipinski definition) is 4. The minimum atomic E-state index is 0.239. The van der Waals surface area contributed by atoms with Crippen LogP contribution in [0.4, 0.5) is 5.69 Å². The average Bonchev–Trinajstić information content (AvgIpc) is 2.58. The molecule has 0 aromatic heterocycles. The van der Waals surface area contributed by atoms with Crippen LogP contribution in [0.15, 0.2) is 18.2 Å². The summed E-state index contributed by atoms with van der Waals surface area (Å²) in [6, 6.07) is 7.17. The lowest BCUT2D eigenvalue weighted by atomic mass is 9.98. The van der Waals surface area contributed by atoms with Crippen LogP contribution in [0.25, 0.3) is 0 Å². The Labute approximate surface area is 134 Å². The highest BCUT2D eigenvalue weighted by Gasteiger charge is 2.23. The number of methoxy groups -OCH3 is 1. The van der Waals surface area contributed by atoms with Crippen molar-refractivity contribution in [2.45, 2.75) is 51.6 Å².